The minimum absolute atomic E-state index is 0.0365. The molecule has 0 aliphatic carbocycles. The zero-order valence-electron chi connectivity index (χ0n) is 14.7. The summed E-state index contributed by atoms with van der Waals surface area (Å²) in [4.78, 5) is 19.9. The van der Waals surface area contributed by atoms with Gasteiger partial charge in [-0.15, -0.1) is 0 Å². The van der Waals surface area contributed by atoms with Crippen molar-refractivity contribution in [1.82, 2.24) is 9.97 Å². The Balaban J connectivity index is 1.45. The second-order valence-corrected chi connectivity index (χ2v) is 6.30. The molecule has 0 atom stereocenters. The minimum Gasteiger partial charge on any atom is -0.361 e. The van der Waals surface area contributed by atoms with E-state index in [1.807, 2.05) is 85.1 Å². The van der Waals surface area contributed by atoms with Gasteiger partial charge in [0.05, 0.1) is 12.1 Å². The molecule has 132 valence electrons. The Labute approximate surface area is 157 Å². The summed E-state index contributed by atoms with van der Waals surface area (Å²) in [6.07, 6.45) is 7.93. The van der Waals surface area contributed by atoms with E-state index in [4.69, 9.17) is 0 Å². The molecule has 0 radical (unpaired) electrons. The van der Waals surface area contributed by atoms with E-state index in [-0.39, 0.29) is 5.91 Å². The van der Waals surface area contributed by atoms with Crippen LogP contribution in [0.4, 0.5) is 5.69 Å². The summed E-state index contributed by atoms with van der Waals surface area (Å²) >= 11 is 0. The molecule has 4 nitrogen and oxygen atoms in total. The Morgan fingerprint density at radius 3 is 2.78 bits per heavy atom. The average Bonchev–Trinajstić information content (AvgIpc) is 3.10. The van der Waals surface area contributed by atoms with Crippen molar-refractivity contribution >= 4 is 34.6 Å². The lowest BCUT2D eigenvalue weighted by Crippen LogP contribution is -2.14. The van der Waals surface area contributed by atoms with Gasteiger partial charge in [-0.1, -0.05) is 42.5 Å². The molecule has 1 amide bonds. The van der Waals surface area contributed by atoms with Gasteiger partial charge in [0.25, 0.3) is 0 Å². The van der Waals surface area contributed by atoms with Gasteiger partial charge >= 0.3 is 0 Å². The van der Waals surface area contributed by atoms with Crippen LogP contribution in [-0.2, 0) is 11.2 Å². The fourth-order valence-electron chi connectivity index (χ4n) is 3.03. The van der Waals surface area contributed by atoms with Crippen LogP contribution in [0, 0.1) is 0 Å². The summed E-state index contributed by atoms with van der Waals surface area (Å²) in [5, 5.41) is 4.06. The smallest absolute Gasteiger partial charge is 0.228 e. The summed E-state index contributed by atoms with van der Waals surface area (Å²) in [5.74, 6) is -0.0365. The second kappa shape index (κ2) is 7.70. The Morgan fingerprint density at radius 1 is 1.00 bits per heavy atom. The summed E-state index contributed by atoms with van der Waals surface area (Å²) in [6, 6.07) is 21.6. The van der Waals surface area contributed by atoms with Crippen LogP contribution in [0.2, 0.25) is 0 Å². The van der Waals surface area contributed by atoms with Crippen LogP contribution in [0.25, 0.3) is 23.1 Å². The largest absolute Gasteiger partial charge is 0.361 e. The molecule has 4 heteroatoms. The van der Waals surface area contributed by atoms with Crippen LogP contribution < -0.4 is 5.32 Å². The number of fused-ring (bicyclic) bond motifs is 1. The monoisotopic (exact) mass is 353 g/mol. The number of carbonyl (C=O) groups is 1. The van der Waals surface area contributed by atoms with Gasteiger partial charge in [-0.25, -0.2) is 0 Å². The van der Waals surface area contributed by atoms with Crippen molar-refractivity contribution in [3.63, 3.8) is 0 Å². The lowest BCUT2D eigenvalue weighted by atomic mass is 10.1. The van der Waals surface area contributed by atoms with E-state index in [2.05, 4.69) is 15.3 Å². The normalized spacial score (nSPS) is 11.1. The third-order valence-corrected chi connectivity index (χ3v) is 4.33. The number of nitrogens with zero attached hydrogens (tertiary/aromatic N) is 1. The molecule has 27 heavy (non-hydrogen) atoms. The van der Waals surface area contributed by atoms with Crippen molar-refractivity contribution in [3.05, 3.63) is 95.9 Å². The molecule has 0 spiro atoms. The zero-order chi connectivity index (χ0) is 18.5. The number of aromatic nitrogens is 2. The fourth-order valence-corrected chi connectivity index (χ4v) is 3.03. The molecule has 4 aromatic rings. The topological polar surface area (TPSA) is 57.8 Å². The minimum atomic E-state index is -0.0365. The van der Waals surface area contributed by atoms with E-state index in [9.17, 15) is 4.79 Å². The molecular weight excluding hydrogens is 334 g/mol. The van der Waals surface area contributed by atoms with Crippen LogP contribution >= 0.6 is 0 Å². The first-order valence-electron chi connectivity index (χ1n) is 8.82. The number of para-hydroxylation sites is 1. The summed E-state index contributed by atoms with van der Waals surface area (Å²) < 4.78 is 0. The maximum atomic E-state index is 12.5. The van der Waals surface area contributed by atoms with E-state index >= 15 is 0 Å². The molecule has 0 aliphatic heterocycles. The number of nitrogens with one attached hydrogen (secondary N) is 2. The SMILES string of the molecule is O=C(Cc1c[nH]c2ccccc12)Nc1cccc(/C=C/c2ccccn2)c1. The number of anilines is 1. The highest BCUT2D eigenvalue weighted by Gasteiger charge is 2.09. The van der Waals surface area contributed by atoms with Crippen molar-refractivity contribution in [2.75, 3.05) is 5.32 Å². The molecule has 4 rings (SSSR count). The van der Waals surface area contributed by atoms with E-state index in [1.54, 1.807) is 6.20 Å². The maximum absolute atomic E-state index is 12.5. The number of pyridine rings is 1. The highest BCUT2D eigenvalue weighted by atomic mass is 16.1. The number of rotatable bonds is 5. The number of amides is 1. The molecule has 0 saturated carbocycles. The summed E-state index contributed by atoms with van der Waals surface area (Å²) in [5.41, 5.74) is 4.72. The number of H-pyrrole nitrogens is 1. The van der Waals surface area contributed by atoms with Crippen LogP contribution in [0.5, 0.6) is 0 Å². The second-order valence-electron chi connectivity index (χ2n) is 6.30. The molecule has 0 unspecified atom stereocenters. The molecule has 2 N–H and O–H groups in total. The first kappa shape index (κ1) is 16.8. The van der Waals surface area contributed by atoms with Gasteiger partial charge in [-0.2, -0.15) is 0 Å². The molecular formula is C23H19N3O. The van der Waals surface area contributed by atoms with E-state index < -0.39 is 0 Å². The van der Waals surface area contributed by atoms with E-state index in [0.717, 1.165) is 33.4 Å². The van der Waals surface area contributed by atoms with Crippen molar-refractivity contribution in [3.8, 4) is 0 Å². The zero-order valence-corrected chi connectivity index (χ0v) is 14.7. The molecule has 0 saturated heterocycles. The Morgan fingerprint density at radius 2 is 1.89 bits per heavy atom. The molecule has 0 aliphatic rings. The van der Waals surface area contributed by atoms with Crippen molar-refractivity contribution < 1.29 is 4.79 Å². The van der Waals surface area contributed by atoms with Crippen molar-refractivity contribution in [2.45, 2.75) is 6.42 Å². The highest BCUT2D eigenvalue weighted by Crippen LogP contribution is 2.19. The first-order chi connectivity index (χ1) is 13.3. The van der Waals surface area contributed by atoms with Gasteiger partial charge < -0.3 is 10.3 Å². The number of hydrogen-bond donors (Lipinski definition) is 2. The fraction of sp³-hybridized carbons (Fsp3) is 0.0435. The van der Waals surface area contributed by atoms with Gasteiger partial charge in [0, 0.05) is 29.0 Å². The molecule has 0 fully saturated rings. The molecule has 2 aromatic heterocycles. The Bertz CT molecular complexity index is 1100. The van der Waals surface area contributed by atoms with Gasteiger partial charge in [0.15, 0.2) is 0 Å². The number of benzene rings is 2. The quantitative estimate of drug-likeness (QED) is 0.535. The van der Waals surface area contributed by atoms with Crippen molar-refractivity contribution in [1.29, 1.82) is 0 Å². The number of carbonyl (C=O) groups excluding carboxylic acids is 1. The van der Waals surface area contributed by atoms with Crippen molar-refractivity contribution in [2.24, 2.45) is 0 Å². The predicted molar refractivity (Wildman–Crippen MR) is 110 cm³/mol. The molecule has 0 bridgehead atoms. The molecule has 2 heterocycles. The van der Waals surface area contributed by atoms with Crippen LogP contribution in [0.15, 0.2) is 79.1 Å². The van der Waals surface area contributed by atoms with Crippen LogP contribution in [-0.4, -0.2) is 15.9 Å². The van der Waals surface area contributed by atoms with E-state index in [1.165, 1.54) is 0 Å². The van der Waals surface area contributed by atoms with Gasteiger partial charge in [0.1, 0.15) is 0 Å². The maximum Gasteiger partial charge on any atom is 0.228 e. The Kier molecular flexibility index (Phi) is 4.79. The predicted octanol–water partition coefficient (Wildman–Crippen LogP) is 4.91. The van der Waals surface area contributed by atoms with Gasteiger partial charge in [-0.3, -0.25) is 9.78 Å². The van der Waals surface area contributed by atoms with Crippen LogP contribution in [0.3, 0.4) is 0 Å². The number of hydrogen-bond acceptors (Lipinski definition) is 2. The first-order valence-corrected chi connectivity index (χ1v) is 8.82. The molecule has 2 aromatic carbocycles. The standard InChI is InChI=1S/C23H19N3O/c27-23(15-18-16-25-22-10-2-1-9-21(18)22)26-20-8-5-6-17(14-20)11-12-19-7-3-4-13-24-19/h1-14,16,25H,15H2,(H,26,27)/b12-11+. The third kappa shape index (κ3) is 4.12. The number of aromatic amines is 1. The summed E-state index contributed by atoms with van der Waals surface area (Å²) in [7, 11) is 0. The van der Waals surface area contributed by atoms with E-state index in [0.29, 0.717) is 6.42 Å². The van der Waals surface area contributed by atoms with Gasteiger partial charge in [0.2, 0.25) is 5.91 Å². The lowest BCUT2D eigenvalue weighted by molar-refractivity contribution is -0.115. The lowest BCUT2D eigenvalue weighted by Gasteiger charge is -2.06. The van der Waals surface area contributed by atoms with Gasteiger partial charge in [-0.05, 0) is 47.5 Å². The average molecular weight is 353 g/mol. The van der Waals surface area contributed by atoms with Crippen LogP contribution in [0.1, 0.15) is 16.8 Å². The highest BCUT2D eigenvalue weighted by molar-refractivity contribution is 5.96. The summed E-state index contributed by atoms with van der Waals surface area (Å²) in [6.45, 7) is 0. The Hall–Kier alpha value is -3.66. The third-order valence-electron chi connectivity index (χ3n) is 4.33.